The van der Waals surface area contributed by atoms with Crippen LogP contribution in [0.2, 0.25) is 0 Å². The van der Waals surface area contributed by atoms with E-state index < -0.39 is 0 Å². The number of hydrogen-bond acceptors (Lipinski definition) is 2. The number of halogens is 1. The third kappa shape index (κ3) is 4.59. The van der Waals surface area contributed by atoms with Gasteiger partial charge in [-0.25, -0.2) is 0 Å². The molecule has 0 unspecified atom stereocenters. The maximum absolute atomic E-state index is 10.6. The lowest BCUT2D eigenvalue weighted by molar-refractivity contribution is 0.111. The van der Waals surface area contributed by atoms with Crippen molar-refractivity contribution in [2.45, 2.75) is 6.92 Å². The maximum atomic E-state index is 10.6. The molecule has 0 bridgehead atoms. The molecule has 1 heterocycles. The van der Waals surface area contributed by atoms with E-state index in [4.69, 9.17) is 11.6 Å². The summed E-state index contributed by atoms with van der Waals surface area (Å²) in [6, 6.07) is 1.77. The van der Waals surface area contributed by atoms with Crippen LogP contribution in [0.1, 0.15) is 17.4 Å². The van der Waals surface area contributed by atoms with Crippen LogP contribution in [-0.2, 0) is 7.05 Å². The molecule has 3 nitrogen and oxygen atoms in total. The molecule has 0 aliphatic carbocycles. The largest absolute Gasteiger partial charge is 0.342 e. The Morgan fingerprint density at radius 1 is 1.53 bits per heavy atom. The maximum Gasteiger partial charge on any atom is 0.166 e. The fourth-order valence-electron chi connectivity index (χ4n) is 1.16. The topological polar surface area (TPSA) is 34.0 Å². The van der Waals surface area contributed by atoms with Gasteiger partial charge < -0.3 is 9.88 Å². The predicted molar refractivity (Wildman–Crippen MR) is 74.6 cm³/mol. The minimum atomic E-state index is 0.599. The summed E-state index contributed by atoms with van der Waals surface area (Å²) in [7, 11) is 5.55. The molecule has 0 aliphatic heterocycles. The van der Waals surface area contributed by atoms with Crippen molar-refractivity contribution in [2.75, 3.05) is 14.1 Å². The number of allylic oxidation sites excluding steroid dienone is 2. The van der Waals surface area contributed by atoms with E-state index in [2.05, 4.69) is 11.9 Å². The minimum absolute atomic E-state index is 0.599. The number of aldehydes is 1. The monoisotopic (exact) mass is 254 g/mol. The molecular weight excluding hydrogens is 236 g/mol. The second-order valence-corrected chi connectivity index (χ2v) is 3.90. The molecule has 0 saturated heterocycles. The van der Waals surface area contributed by atoms with E-state index in [0.29, 0.717) is 10.7 Å². The lowest BCUT2D eigenvalue weighted by Gasteiger charge is -1.91. The van der Waals surface area contributed by atoms with Crippen LogP contribution in [-0.4, -0.2) is 24.9 Å². The molecular formula is C13H19ClN2O. The van der Waals surface area contributed by atoms with Crippen molar-refractivity contribution < 1.29 is 4.79 Å². The van der Waals surface area contributed by atoms with Crippen LogP contribution in [0, 0.1) is 0 Å². The fourth-order valence-corrected chi connectivity index (χ4v) is 1.28. The Labute approximate surface area is 107 Å². The molecule has 4 heteroatoms. The van der Waals surface area contributed by atoms with Gasteiger partial charge in [0, 0.05) is 22.6 Å². The van der Waals surface area contributed by atoms with E-state index in [1.807, 2.05) is 21.0 Å². The summed E-state index contributed by atoms with van der Waals surface area (Å²) in [6.07, 6.45) is 4.38. The Hall–Kier alpha value is -1.32. The number of hydrogen-bond donors (Lipinski definition) is 1. The van der Waals surface area contributed by atoms with Crippen LogP contribution >= 0.6 is 11.6 Å². The molecule has 0 radical (unpaired) electrons. The number of rotatable bonds is 2. The van der Waals surface area contributed by atoms with Crippen molar-refractivity contribution in [1.29, 1.82) is 0 Å². The van der Waals surface area contributed by atoms with Gasteiger partial charge in [0.1, 0.15) is 0 Å². The average Bonchev–Trinajstić information content (AvgIpc) is 2.58. The van der Waals surface area contributed by atoms with Crippen LogP contribution in [0.15, 0.2) is 17.2 Å². The highest BCUT2D eigenvalue weighted by atomic mass is 35.5. The molecule has 0 aromatic carbocycles. The Bertz CT molecular complexity index is 500. The zero-order chi connectivity index (χ0) is 13.4. The summed E-state index contributed by atoms with van der Waals surface area (Å²) >= 11 is 5.86. The summed E-state index contributed by atoms with van der Waals surface area (Å²) in [4.78, 5) is 10.6. The van der Waals surface area contributed by atoms with E-state index >= 15 is 0 Å². The molecule has 0 saturated carbocycles. The molecule has 0 amide bonds. The molecule has 17 heavy (non-hydrogen) atoms. The van der Waals surface area contributed by atoms with Crippen LogP contribution in [0.5, 0.6) is 0 Å². The predicted octanol–water partition coefficient (Wildman–Crippen LogP) is 1.01. The fraction of sp³-hybridized carbons (Fsp3) is 0.308. The van der Waals surface area contributed by atoms with Crippen molar-refractivity contribution in [3.05, 3.63) is 33.4 Å². The number of nitrogens with one attached hydrogen (secondary N) is 1. The lowest BCUT2D eigenvalue weighted by atomic mass is 10.3. The van der Waals surface area contributed by atoms with Crippen LogP contribution < -0.4 is 15.9 Å². The summed E-state index contributed by atoms with van der Waals surface area (Å²) < 4.78 is 1.73. The Balaban J connectivity index is 0.000000770. The molecule has 0 atom stereocenters. The summed E-state index contributed by atoms with van der Waals surface area (Å²) in [6.45, 7) is 5.72. The van der Waals surface area contributed by atoms with Gasteiger partial charge >= 0.3 is 0 Å². The highest BCUT2D eigenvalue weighted by Crippen LogP contribution is 2.00. The van der Waals surface area contributed by atoms with E-state index in [1.165, 1.54) is 0 Å². The molecule has 1 aromatic heterocycles. The first-order valence-corrected chi connectivity index (χ1v) is 5.61. The van der Waals surface area contributed by atoms with E-state index in [0.717, 1.165) is 16.9 Å². The van der Waals surface area contributed by atoms with Crippen molar-refractivity contribution in [3.63, 3.8) is 0 Å². The molecule has 1 rings (SSSR count). The summed E-state index contributed by atoms with van der Waals surface area (Å²) in [5.74, 6) is 0. The van der Waals surface area contributed by atoms with Gasteiger partial charge in [0.2, 0.25) is 0 Å². The van der Waals surface area contributed by atoms with Crippen LogP contribution in [0.25, 0.3) is 12.7 Å². The normalized spacial score (nSPS) is 12.1. The third-order valence-electron chi connectivity index (χ3n) is 2.12. The number of carbonyl (C=O) groups is 1. The minimum Gasteiger partial charge on any atom is -0.342 e. The van der Waals surface area contributed by atoms with Gasteiger partial charge in [0.25, 0.3) is 0 Å². The Morgan fingerprint density at radius 3 is 2.41 bits per heavy atom. The molecule has 94 valence electrons. The standard InChI is InChI=1S/C11H12ClNO.C2H7N/c1-4-10(12)5-9-6-11(7-14)13(3)8(9)2;1-3-2/h4-7H,2H2,1,3H3;3H,1-2H3/b9-5-,10-4+;. The first-order valence-electron chi connectivity index (χ1n) is 5.23. The van der Waals surface area contributed by atoms with Crippen molar-refractivity contribution >= 4 is 30.5 Å². The van der Waals surface area contributed by atoms with Gasteiger partial charge in [-0.1, -0.05) is 24.3 Å². The van der Waals surface area contributed by atoms with E-state index in [1.54, 1.807) is 29.8 Å². The second kappa shape index (κ2) is 7.87. The Kier molecular flexibility index (Phi) is 7.26. The zero-order valence-electron chi connectivity index (χ0n) is 10.7. The van der Waals surface area contributed by atoms with Crippen LogP contribution in [0.3, 0.4) is 0 Å². The number of nitrogens with zero attached hydrogens (tertiary/aromatic N) is 1. The SMILES string of the molecule is C=c1/c(=C\C(Cl)=C/C)cc(C=O)n1C.CNC. The van der Waals surface area contributed by atoms with Gasteiger partial charge in [-0.3, -0.25) is 4.79 Å². The van der Waals surface area contributed by atoms with Gasteiger partial charge in [0.05, 0.1) is 5.69 Å². The number of aromatic nitrogens is 1. The van der Waals surface area contributed by atoms with Gasteiger partial charge in [-0.15, -0.1) is 0 Å². The summed E-state index contributed by atoms with van der Waals surface area (Å²) in [5, 5.41) is 5.04. The molecule has 0 spiro atoms. The second-order valence-electron chi connectivity index (χ2n) is 3.47. The van der Waals surface area contributed by atoms with Gasteiger partial charge in [-0.2, -0.15) is 0 Å². The average molecular weight is 255 g/mol. The highest BCUT2D eigenvalue weighted by molar-refractivity contribution is 6.33. The third-order valence-corrected chi connectivity index (χ3v) is 2.45. The molecule has 0 fully saturated rings. The first kappa shape index (κ1) is 15.7. The number of carbonyl (C=O) groups excluding carboxylic acids is 1. The first-order chi connectivity index (χ1) is 8.01. The quantitative estimate of drug-likeness (QED) is 0.800. The zero-order valence-corrected chi connectivity index (χ0v) is 11.5. The molecule has 1 N–H and O–H groups in total. The molecule has 0 aliphatic rings. The van der Waals surface area contributed by atoms with Crippen molar-refractivity contribution in [3.8, 4) is 0 Å². The lowest BCUT2D eigenvalue weighted by Crippen LogP contribution is -2.25. The molecule has 1 aromatic rings. The van der Waals surface area contributed by atoms with E-state index in [9.17, 15) is 4.79 Å². The van der Waals surface area contributed by atoms with Crippen LogP contribution in [0.4, 0.5) is 0 Å². The van der Waals surface area contributed by atoms with Gasteiger partial charge in [-0.05, 0) is 33.2 Å². The highest BCUT2D eigenvalue weighted by Gasteiger charge is 1.98. The summed E-state index contributed by atoms with van der Waals surface area (Å²) in [5.41, 5.74) is 0.599. The van der Waals surface area contributed by atoms with E-state index in [-0.39, 0.29) is 0 Å². The van der Waals surface area contributed by atoms with Gasteiger partial charge in [0.15, 0.2) is 6.29 Å². The smallest absolute Gasteiger partial charge is 0.166 e. The Morgan fingerprint density at radius 2 is 2.06 bits per heavy atom. The van der Waals surface area contributed by atoms with Crippen molar-refractivity contribution in [2.24, 2.45) is 7.05 Å². The van der Waals surface area contributed by atoms with Crippen molar-refractivity contribution in [1.82, 2.24) is 9.88 Å².